The maximum absolute atomic E-state index is 13.5. The molecule has 0 bridgehead atoms. The molecule has 32 heavy (non-hydrogen) atoms. The van der Waals surface area contributed by atoms with E-state index in [-0.39, 0.29) is 23.3 Å². The van der Waals surface area contributed by atoms with Crippen LogP contribution in [0, 0.1) is 11.8 Å². The molecule has 7 nitrogen and oxygen atoms in total. The summed E-state index contributed by atoms with van der Waals surface area (Å²) < 4.78 is 3.55. The first-order valence-electron chi connectivity index (χ1n) is 11.3. The van der Waals surface area contributed by atoms with E-state index < -0.39 is 0 Å². The Balaban J connectivity index is 1.61. The van der Waals surface area contributed by atoms with Crippen LogP contribution >= 0.6 is 23.1 Å². The van der Waals surface area contributed by atoms with E-state index in [2.05, 4.69) is 31.2 Å². The van der Waals surface area contributed by atoms with E-state index in [9.17, 15) is 9.59 Å². The molecule has 1 amide bonds. The largest absolute Gasteiger partial charge is 0.310 e. The summed E-state index contributed by atoms with van der Waals surface area (Å²) in [5.74, 6) is 1.66. The monoisotopic (exact) mass is 473 g/mol. The molecule has 1 unspecified atom stereocenters. The van der Waals surface area contributed by atoms with Crippen molar-refractivity contribution in [1.82, 2.24) is 19.3 Å². The standard InChI is InChI=1S/C23H31N5O2S2/c1-13(2)11-27-22(30)20-16-7-6-15(5)10-17(16)32-21(20)26-23(27)31-12-19(29)25-18-8-9-24-28(18)14(3)4/h8-9,13-15H,6-7,10-12H2,1-5H3,(H,25,29). The molecule has 1 atom stereocenters. The number of rotatable bonds is 7. The van der Waals surface area contributed by atoms with Gasteiger partial charge in [-0.1, -0.05) is 32.5 Å². The Morgan fingerprint density at radius 3 is 2.84 bits per heavy atom. The van der Waals surface area contributed by atoms with E-state index >= 15 is 0 Å². The molecular weight excluding hydrogens is 442 g/mol. The van der Waals surface area contributed by atoms with E-state index in [1.165, 1.54) is 22.2 Å². The smallest absolute Gasteiger partial charge is 0.263 e. The highest BCUT2D eigenvalue weighted by Gasteiger charge is 2.25. The molecule has 1 aliphatic rings. The number of thiophene rings is 1. The predicted molar refractivity (Wildman–Crippen MR) is 132 cm³/mol. The summed E-state index contributed by atoms with van der Waals surface area (Å²) >= 11 is 2.98. The second kappa shape index (κ2) is 9.39. The van der Waals surface area contributed by atoms with Crippen molar-refractivity contribution >= 4 is 45.0 Å². The van der Waals surface area contributed by atoms with Gasteiger partial charge in [0.1, 0.15) is 10.6 Å². The number of hydrogen-bond acceptors (Lipinski definition) is 6. The molecule has 0 aliphatic heterocycles. The Kier molecular flexibility index (Phi) is 6.76. The maximum Gasteiger partial charge on any atom is 0.263 e. The van der Waals surface area contributed by atoms with Crippen molar-refractivity contribution in [2.24, 2.45) is 11.8 Å². The van der Waals surface area contributed by atoms with Crippen LogP contribution in [0.1, 0.15) is 57.5 Å². The summed E-state index contributed by atoms with van der Waals surface area (Å²) in [4.78, 5) is 33.2. The zero-order chi connectivity index (χ0) is 23.0. The second-order valence-corrected chi connectivity index (χ2v) is 11.4. The maximum atomic E-state index is 13.5. The third kappa shape index (κ3) is 4.64. The Morgan fingerprint density at radius 1 is 1.34 bits per heavy atom. The minimum atomic E-state index is -0.137. The van der Waals surface area contributed by atoms with Crippen LogP contribution in [-0.2, 0) is 24.2 Å². The van der Waals surface area contributed by atoms with Gasteiger partial charge in [0.05, 0.1) is 17.3 Å². The van der Waals surface area contributed by atoms with Crippen molar-refractivity contribution in [1.29, 1.82) is 0 Å². The SMILES string of the molecule is CC(C)Cn1c(SCC(=O)Nc2ccnn2C(C)C)nc2sc3c(c2c1=O)CCC(C)C3. The minimum absolute atomic E-state index is 0.0385. The van der Waals surface area contributed by atoms with E-state index in [1.807, 2.05) is 13.8 Å². The van der Waals surface area contributed by atoms with Gasteiger partial charge in [0.2, 0.25) is 5.91 Å². The van der Waals surface area contributed by atoms with Crippen LogP contribution in [0.4, 0.5) is 5.82 Å². The predicted octanol–water partition coefficient (Wildman–Crippen LogP) is 4.75. The third-order valence-corrected chi connectivity index (χ3v) is 7.81. The summed E-state index contributed by atoms with van der Waals surface area (Å²) in [6.07, 6.45) is 4.77. The molecule has 1 aliphatic carbocycles. The number of carbonyl (C=O) groups excluding carboxylic acids is 1. The summed E-state index contributed by atoms with van der Waals surface area (Å²) in [5.41, 5.74) is 1.24. The van der Waals surface area contributed by atoms with Gasteiger partial charge in [-0.15, -0.1) is 11.3 Å². The Morgan fingerprint density at radius 2 is 2.12 bits per heavy atom. The van der Waals surface area contributed by atoms with Crippen LogP contribution in [0.5, 0.6) is 0 Å². The van der Waals surface area contributed by atoms with Gasteiger partial charge in [0.15, 0.2) is 5.16 Å². The summed E-state index contributed by atoms with van der Waals surface area (Å²) in [6.45, 7) is 11.1. The van der Waals surface area contributed by atoms with Crippen LogP contribution in [0.15, 0.2) is 22.2 Å². The first-order chi connectivity index (χ1) is 15.2. The lowest BCUT2D eigenvalue weighted by atomic mass is 9.89. The molecule has 0 saturated carbocycles. The van der Waals surface area contributed by atoms with Gasteiger partial charge in [-0.05, 0) is 50.5 Å². The van der Waals surface area contributed by atoms with Crippen LogP contribution in [0.2, 0.25) is 0 Å². The lowest BCUT2D eigenvalue weighted by Crippen LogP contribution is -2.26. The van der Waals surface area contributed by atoms with Gasteiger partial charge < -0.3 is 5.32 Å². The molecule has 9 heteroatoms. The number of aryl methyl sites for hydroxylation is 1. The second-order valence-electron chi connectivity index (χ2n) is 9.33. The zero-order valence-corrected chi connectivity index (χ0v) is 21.0. The molecule has 3 aromatic heterocycles. The van der Waals surface area contributed by atoms with Gasteiger partial charge >= 0.3 is 0 Å². The minimum Gasteiger partial charge on any atom is -0.310 e. The first-order valence-corrected chi connectivity index (χ1v) is 13.1. The van der Waals surface area contributed by atoms with E-state index in [0.29, 0.717) is 29.4 Å². The highest BCUT2D eigenvalue weighted by molar-refractivity contribution is 7.99. The normalized spacial score (nSPS) is 16.2. The van der Waals surface area contributed by atoms with Crippen molar-refractivity contribution in [2.45, 2.75) is 71.6 Å². The van der Waals surface area contributed by atoms with Crippen LogP contribution in [0.25, 0.3) is 10.2 Å². The molecule has 4 rings (SSSR count). The number of thioether (sulfide) groups is 1. The fourth-order valence-electron chi connectivity index (χ4n) is 4.17. The van der Waals surface area contributed by atoms with Crippen molar-refractivity contribution in [3.05, 3.63) is 33.1 Å². The number of hydrogen-bond donors (Lipinski definition) is 1. The number of carbonyl (C=O) groups is 1. The number of fused-ring (bicyclic) bond motifs is 3. The number of nitrogens with zero attached hydrogens (tertiary/aromatic N) is 4. The summed E-state index contributed by atoms with van der Waals surface area (Å²) in [7, 11) is 0. The molecular formula is C23H31N5O2S2. The Labute approximate surface area is 196 Å². The van der Waals surface area contributed by atoms with Crippen molar-refractivity contribution in [3.63, 3.8) is 0 Å². The van der Waals surface area contributed by atoms with E-state index in [4.69, 9.17) is 4.98 Å². The van der Waals surface area contributed by atoms with Gasteiger partial charge in [-0.2, -0.15) is 5.10 Å². The van der Waals surface area contributed by atoms with E-state index in [0.717, 1.165) is 29.5 Å². The fraction of sp³-hybridized carbons (Fsp3) is 0.565. The number of nitrogens with one attached hydrogen (secondary N) is 1. The van der Waals surface area contributed by atoms with Crippen LogP contribution in [0.3, 0.4) is 0 Å². The van der Waals surface area contributed by atoms with Crippen molar-refractivity contribution < 1.29 is 4.79 Å². The first kappa shape index (κ1) is 23.0. The molecule has 0 fully saturated rings. The lowest BCUT2D eigenvalue weighted by Gasteiger charge is -2.18. The number of amides is 1. The lowest BCUT2D eigenvalue weighted by molar-refractivity contribution is -0.113. The third-order valence-electron chi connectivity index (χ3n) is 5.69. The van der Waals surface area contributed by atoms with Gasteiger partial charge in [0.25, 0.3) is 5.56 Å². The topological polar surface area (TPSA) is 81.8 Å². The molecule has 172 valence electrons. The van der Waals surface area contributed by atoms with Crippen molar-refractivity contribution in [3.8, 4) is 0 Å². The summed E-state index contributed by atoms with van der Waals surface area (Å²) in [6, 6.07) is 1.94. The molecule has 1 N–H and O–H groups in total. The molecule has 0 radical (unpaired) electrons. The van der Waals surface area contributed by atoms with Crippen LogP contribution < -0.4 is 10.9 Å². The highest BCUT2D eigenvalue weighted by atomic mass is 32.2. The Bertz CT molecular complexity index is 1190. The summed E-state index contributed by atoms with van der Waals surface area (Å²) in [5, 5.41) is 8.60. The molecule has 3 heterocycles. The highest BCUT2D eigenvalue weighted by Crippen LogP contribution is 2.36. The molecule has 3 aromatic rings. The molecule has 0 aromatic carbocycles. The number of aromatic nitrogens is 4. The molecule has 0 saturated heterocycles. The van der Waals surface area contributed by atoms with Gasteiger partial charge in [-0.25, -0.2) is 9.67 Å². The number of anilines is 1. The van der Waals surface area contributed by atoms with Gasteiger partial charge in [-0.3, -0.25) is 14.2 Å². The quantitative estimate of drug-likeness (QED) is 0.396. The zero-order valence-electron chi connectivity index (χ0n) is 19.3. The van der Waals surface area contributed by atoms with Gasteiger partial charge in [0, 0.05) is 23.5 Å². The van der Waals surface area contributed by atoms with E-state index in [1.54, 1.807) is 32.8 Å². The van der Waals surface area contributed by atoms with Crippen LogP contribution in [-0.4, -0.2) is 31.0 Å². The average molecular weight is 474 g/mol. The fourth-order valence-corrected chi connectivity index (χ4v) is 6.41. The Hall–Kier alpha value is -2.13. The average Bonchev–Trinajstić information content (AvgIpc) is 3.32. The molecule has 0 spiro atoms. The van der Waals surface area contributed by atoms with Crippen molar-refractivity contribution in [2.75, 3.05) is 11.1 Å².